The van der Waals surface area contributed by atoms with Crippen LogP contribution in [-0.4, -0.2) is 18.8 Å². The smallest absolute Gasteiger partial charge is 0.265 e. The van der Waals surface area contributed by atoms with Crippen molar-refractivity contribution < 1.29 is 4.74 Å². The molecule has 0 saturated heterocycles. The summed E-state index contributed by atoms with van der Waals surface area (Å²) in [4.78, 5) is 36.2. The fourth-order valence-electron chi connectivity index (χ4n) is 4.14. The standard InChI is InChI=1S/C24H16N4O3/c1-14-8-10-15(11-9-14)18-19-21(25-16-6-2-4-12-27(16)23(19)29)31-22-20(18)24(30)28-13-5-3-7-17(28)26-22/h2-13,18H,1H3. The second-order valence-corrected chi connectivity index (χ2v) is 7.58. The Kier molecular flexibility index (Phi) is 3.61. The molecule has 0 radical (unpaired) electrons. The lowest BCUT2D eigenvalue weighted by molar-refractivity contribution is 0.412. The van der Waals surface area contributed by atoms with Gasteiger partial charge in [-0.3, -0.25) is 18.4 Å². The summed E-state index contributed by atoms with van der Waals surface area (Å²) in [6.07, 6.45) is 3.33. The van der Waals surface area contributed by atoms with E-state index in [0.717, 1.165) is 11.1 Å². The number of hydrogen-bond donors (Lipinski definition) is 0. The van der Waals surface area contributed by atoms with Crippen LogP contribution in [0.3, 0.4) is 0 Å². The normalized spacial score (nSPS) is 13.1. The SMILES string of the molecule is Cc1ccc(C2c3c(nc4ccccn4c3=O)Oc3nc4ccccn4c(=O)c32)cc1. The average molecular weight is 408 g/mol. The number of fused-ring (bicyclic) bond motifs is 4. The highest BCUT2D eigenvalue weighted by Gasteiger charge is 2.37. The molecule has 0 amide bonds. The summed E-state index contributed by atoms with van der Waals surface area (Å²) in [5, 5.41) is 0. The molecule has 1 aliphatic heterocycles. The van der Waals surface area contributed by atoms with Gasteiger partial charge in [0.05, 0.1) is 17.0 Å². The number of nitrogens with zero attached hydrogens (tertiary/aromatic N) is 4. The summed E-state index contributed by atoms with van der Waals surface area (Å²) in [5.41, 5.74) is 2.94. The van der Waals surface area contributed by atoms with E-state index in [0.29, 0.717) is 22.4 Å². The molecule has 7 heteroatoms. The Morgan fingerprint density at radius 3 is 1.77 bits per heavy atom. The Bertz CT molecular complexity index is 1520. The summed E-state index contributed by atoms with van der Waals surface area (Å²) in [7, 11) is 0. The van der Waals surface area contributed by atoms with Crippen molar-refractivity contribution in [1.29, 1.82) is 0 Å². The number of aromatic nitrogens is 4. The molecule has 5 heterocycles. The van der Waals surface area contributed by atoms with Gasteiger partial charge in [0.25, 0.3) is 11.1 Å². The predicted octanol–water partition coefficient (Wildman–Crippen LogP) is 3.30. The third kappa shape index (κ3) is 2.53. The van der Waals surface area contributed by atoms with Gasteiger partial charge in [-0.25, -0.2) is 0 Å². The van der Waals surface area contributed by atoms with Gasteiger partial charge < -0.3 is 4.74 Å². The van der Waals surface area contributed by atoms with E-state index in [-0.39, 0.29) is 22.9 Å². The minimum absolute atomic E-state index is 0.182. The molecule has 6 rings (SSSR count). The summed E-state index contributed by atoms with van der Waals surface area (Å²) < 4.78 is 8.93. The molecule has 0 spiro atoms. The molecule has 1 aromatic carbocycles. The van der Waals surface area contributed by atoms with E-state index in [1.807, 2.05) is 31.2 Å². The van der Waals surface area contributed by atoms with Gasteiger partial charge in [0, 0.05) is 12.4 Å². The lowest BCUT2D eigenvalue weighted by atomic mass is 9.85. The van der Waals surface area contributed by atoms with Crippen molar-refractivity contribution in [3.05, 3.63) is 116 Å². The van der Waals surface area contributed by atoms with Crippen LogP contribution in [0.5, 0.6) is 11.8 Å². The number of pyridine rings is 2. The number of benzene rings is 1. The van der Waals surface area contributed by atoms with E-state index < -0.39 is 5.92 Å². The molecule has 1 aliphatic rings. The lowest BCUT2D eigenvalue weighted by Crippen LogP contribution is -2.32. The van der Waals surface area contributed by atoms with Crippen molar-refractivity contribution in [3.8, 4) is 11.8 Å². The molecule has 0 bridgehead atoms. The predicted molar refractivity (Wildman–Crippen MR) is 115 cm³/mol. The van der Waals surface area contributed by atoms with Crippen LogP contribution in [0.2, 0.25) is 0 Å². The van der Waals surface area contributed by atoms with Crippen molar-refractivity contribution in [2.45, 2.75) is 12.8 Å². The number of aryl methyl sites for hydroxylation is 1. The van der Waals surface area contributed by atoms with Crippen molar-refractivity contribution in [2.75, 3.05) is 0 Å². The fourth-order valence-corrected chi connectivity index (χ4v) is 4.14. The Morgan fingerprint density at radius 1 is 0.742 bits per heavy atom. The second kappa shape index (κ2) is 6.37. The van der Waals surface area contributed by atoms with Gasteiger partial charge in [0.15, 0.2) is 0 Å². The van der Waals surface area contributed by atoms with E-state index in [1.54, 1.807) is 48.8 Å². The minimum atomic E-state index is -0.645. The van der Waals surface area contributed by atoms with Crippen molar-refractivity contribution in [1.82, 2.24) is 18.8 Å². The highest BCUT2D eigenvalue weighted by molar-refractivity contribution is 5.58. The average Bonchev–Trinajstić information content (AvgIpc) is 2.79. The van der Waals surface area contributed by atoms with Crippen LogP contribution in [0, 0.1) is 6.92 Å². The maximum Gasteiger partial charge on any atom is 0.265 e. The van der Waals surface area contributed by atoms with Gasteiger partial charge >= 0.3 is 0 Å². The topological polar surface area (TPSA) is 78.0 Å². The van der Waals surface area contributed by atoms with Crippen LogP contribution in [-0.2, 0) is 0 Å². The summed E-state index contributed by atoms with van der Waals surface area (Å²) in [6.45, 7) is 1.99. The van der Waals surface area contributed by atoms with Crippen LogP contribution in [0.1, 0.15) is 28.2 Å². The van der Waals surface area contributed by atoms with Gasteiger partial charge in [-0.1, -0.05) is 42.0 Å². The van der Waals surface area contributed by atoms with E-state index in [9.17, 15) is 9.59 Å². The van der Waals surface area contributed by atoms with E-state index >= 15 is 0 Å². The third-order valence-corrected chi connectivity index (χ3v) is 5.65. The largest absolute Gasteiger partial charge is 0.419 e. The molecular formula is C24H16N4O3. The van der Waals surface area contributed by atoms with Crippen LogP contribution in [0.4, 0.5) is 0 Å². The number of rotatable bonds is 1. The minimum Gasteiger partial charge on any atom is -0.419 e. The Balaban J connectivity index is 1.75. The van der Waals surface area contributed by atoms with E-state index in [2.05, 4.69) is 9.97 Å². The lowest BCUT2D eigenvalue weighted by Gasteiger charge is -2.26. The highest BCUT2D eigenvalue weighted by Crippen LogP contribution is 2.42. The first kappa shape index (κ1) is 17.6. The Morgan fingerprint density at radius 2 is 1.26 bits per heavy atom. The molecule has 0 saturated carbocycles. The quantitative estimate of drug-likeness (QED) is 0.417. The zero-order valence-electron chi connectivity index (χ0n) is 16.5. The molecule has 4 aromatic heterocycles. The molecule has 150 valence electrons. The molecule has 0 aliphatic carbocycles. The van der Waals surface area contributed by atoms with Crippen LogP contribution < -0.4 is 15.9 Å². The molecule has 7 nitrogen and oxygen atoms in total. The van der Waals surface area contributed by atoms with Gasteiger partial charge in [-0.05, 0) is 36.8 Å². The molecule has 5 aromatic rings. The zero-order valence-corrected chi connectivity index (χ0v) is 16.5. The van der Waals surface area contributed by atoms with Crippen LogP contribution in [0.15, 0.2) is 82.6 Å². The molecule has 0 fully saturated rings. The highest BCUT2D eigenvalue weighted by atomic mass is 16.5. The number of hydrogen-bond acceptors (Lipinski definition) is 5. The first-order valence-electron chi connectivity index (χ1n) is 9.89. The molecule has 0 N–H and O–H groups in total. The number of ether oxygens (including phenoxy) is 1. The Hall–Kier alpha value is -4.26. The fraction of sp³-hybridized carbons (Fsp3) is 0.0833. The van der Waals surface area contributed by atoms with Crippen LogP contribution in [0.25, 0.3) is 11.3 Å². The zero-order chi connectivity index (χ0) is 21.1. The van der Waals surface area contributed by atoms with Gasteiger partial charge in [0.2, 0.25) is 11.8 Å². The maximum absolute atomic E-state index is 13.5. The van der Waals surface area contributed by atoms with Crippen LogP contribution >= 0.6 is 0 Å². The monoisotopic (exact) mass is 408 g/mol. The molecule has 0 atom stereocenters. The molecular weight excluding hydrogens is 392 g/mol. The Labute approximate surface area is 175 Å². The third-order valence-electron chi connectivity index (χ3n) is 5.65. The molecule has 0 unspecified atom stereocenters. The second-order valence-electron chi connectivity index (χ2n) is 7.58. The van der Waals surface area contributed by atoms with Crippen molar-refractivity contribution >= 4 is 11.3 Å². The van der Waals surface area contributed by atoms with Crippen molar-refractivity contribution in [2.24, 2.45) is 0 Å². The first-order chi connectivity index (χ1) is 15.1. The maximum atomic E-state index is 13.5. The molecule has 31 heavy (non-hydrogen) atoms. The summed E-state index contributed by atoms with van der Waals surface area (Å²) >= 11 is 0. The first-order valence-corrected chi connectivity index (χ1v) is 9.89. The summed E-state index contributed by atoms with van der Waals surface area (Å²) in [5.74, 6) is -0.281. The van der Waals surface area contributed by atoms with Crippen molar-refractivity contribution in [3.63, 3.8) is 0 Å². The van der Waals surface area contributed by atoms with E-state index in [1.165, 1.54) is 8.80 Å². The van der Waals surface area contributed by atoms with Gasteiger partial charge in [-0.15, -0.1) is 0 Å². The van der Waals surface area contributed by atoms with E-state index in [4.69, 9.17) is 4.74 Å². The van der Waals surface area contributed by atoms with Gasteiger partial charge in [-0.2, -0.15) is 9.97 Å². The van der Waals surface area contributed by atoms with Gasteiger partial charge in [0.1, 0.15) is 11.3 Å². The summed E-state index contributed by atoms with van der Waals surface area (Å²) in [6, 6.07) is 18.4.